The summed E-state index contributed by atoms with van der Waals surface area (Å²) in [6, 6.07) is 2.57. The van der Waals surface area contributed by atoms with Crippen LogP contribution in [-0.4, -0.2) is 48.5 Å². The lowest BCUT2D eigenvalue weighted by Gasteiger charge is -2.34. The number of rotatable bonds is 4. The number of pyridine rings is 1. The van der Waals surface area contributed by atoms with Crippen molar-refractivity contribution in [2.24, 2.45) is 0 Å². The Morgan fingerprint density at radius 3 is 2.96 bits per heavy atom. The van der Waals surface area contributed by atoms with Crippen LogP contribution in [0.1, 0.15) is 27.9 Å². The Bertz CT molecular complexity index is 958. The highest BCUT2D eigenvalue weighted by atomic mass is 19.1. The zero-order valence-electron chi connectivity index (χ0n) is 14.6. The van der Waals surface area contributed by atoms with Crippen LogP contribution in [0.15, 0.2) is 43.2 Å². The third-order valence-corrected chi connectivity index (χ3v) is 4.35. The van der Waals surface area contributed by atoms with E-state index >= 15 is 0 Å². The first-order valence-corrected chi connectivity index (χ1v) is 8.44. The number of aryl methyl sites for hydroxylation is 1. The maximum atomic E-state index is 13.8. The average Bonchev–Trinajstić information content (AvgIpc) is 3.16. The van der Waals surface area contributed by atoms with E-state index in [-0.39, 0.29) is 30.1 Å². The van der Waals surface area contributed by atoms with E-state index in [2.05, 4.69) is 19.9 Å². The summed E-state index contributed by atoms with van der Waals surface area (Å²) in [5.41, 5.74) is 1.89. The molecule has 0 saturated carbocycles. The fourth-order valence-electron chi connectivity index (χ4n) is 2.99. The fraction of sp³-hybridized carbons (Fsp3) is 0.278. The highest BCUT2D eigenvalue weighted by molar-refractivity contribution is 5.92. The Morgan fingerprint density at radius 1 is 1.30 bits per heavy atom. The van der Waals surface area contributed by atoms with E-state index in [4.69, 9.17) is 4.74 Å². The van der Waals surface area contributed by atoms with Gasteiger partial charge in [-0.2, -0.15) is 0 Å². The van der Waals surface area contributed by atoms with Gasteiger partial charge in [0.1, 0.15) is 12.3 Å². The lowest BCUT2D eigenvalue weighted by molar-refractivity contribution is 0.0637. The highest BCUT2D eigenvalue weighted by Crippen LogP contribution is 2.23. The molecular weight excluding hydrogens is 351 g/mol. The summed E-state index contributed by atoms with van der Waals surface area (Å²) >= 11 is 0. The van der Waals surface area contributed by atoms with E-state index in [1.807, 2.05) is 11.5 Å². The van der Waals surface area contributed by atoms with Crippen LogP contribution >= 0.6 is 0 Å². The normalized spacial score (nSPS) is 16.1. The summed E-state index contributed by atoms with van der Waals surface area (Å²) in [5, 5.41) is 0. The number of imidazole rings is 1. The van der Waals surface area contributed by atoms with Gasteiger partial charge in [0.25, 0.3) is 5.91 Å². The lowest BCUT2D eigenvalue weighted by atomic mass is 10.2. The number of ether oxygens (including phenoxy) is 1. The summed E-state index contributed by atoms with van der Waals surface area (Å²) in [4.78, 5) is 30.8. The molecule has 4 heterocycles. The molecule has 0 aliphatic carbocycles. The molecule has 0 bridgehead atoms. The van der Waals surface area contributed by atoms with Crippen LogP contribution in [0.25, 0.3) is 0 Å². The molecule has 138 valence electrons. The largest absolute Gasteiger partial charge is 0.473 e. The second kappa shape index (κ2) is 7.10. The van der Waals surface area contributed by atoms with Gasteiger partial charge in [-0.15, -0.1) is 0 Å². The van der Waals surface area contributed by atoms with Crippen molar-refractivity contribution in [2.45, 2.75) is 19.5 Å². The summed E-state index contributed by atoms with van der Waals surface area (Å²) in [5.74, 6) is -0.807. The van der Waals surface area contributed by atoms with Crippen LogP contribution in [0.3, 0.4) is 0 Å². The molecule has 9 heteroatoms. The van der Waals surface area contributed by atoms with Crippen molar-refractivity contribution in [1.82, 2.24) is 29.4 Å². The first-order chi connectivity index (χ1) is 13.1. The van der Waals surface area contributed by atoms with Gasteiger partial charge in [-0.05, 0) is 19.1 Å². The Kier molecular flexibility index (Phi) is 4.49. The molecule has 1 atom stereocenters. The molecule has 8 nitrogen and oxygen atoms in total. The zero-order valence-corrected chi connectivity index (χ0v) is 14.6. The van der Waals surface area contributed by atoms with Gasteiger partial charge in [0, 0.05) is 25.1 Å². The van der Waals surface area contributed by atoms with Crippen molar-refractivity contribution in [3.05, 3.63) is 66.1 Å². The molecule has 27 heavy (non-hydrogen) atoms. The van der Waals surface area contributed by atoms with Crippen molar-refractivity contribution >= 4 is 5.91 Å². The van der Waals surface area contributed by atoms with Crippen molar-refractivity contribution in [3.63, 3.8) is 0 Å². The summed E-state index contributed by atoms with van der Waals surface area (Å²) in [6.45, 7) is 2.75. The standard InChI is InChI=1S/C18H17FN6O2/c1-12-5-23-16(7-22-12)18(26)24-8-13-6-20-11-25(13)14(9-24)10-27-17-15(19)3-2-4-21-17/h2-7,11,14H,8-10H2,1H3/t14-/m0/s1. The van der Waals surface area contributed by atoms with E-state index in [0.29, 0.717) is 13.1 Å². The first kappa shape index (κ1) is 17.1. The SMILES string of the molecule is Cc1cnc(C(=O)N2Cc3cncn3[C@H](COc3ncccc3F)C2)cn1. The van der Waals surface area contributed by atoms with E-state index < -0.39 is 5.82 Å². The van der Waals surface area contributed by atoms with Gasteiger partial charge in [-0.3, -0.25) is 9.78 Å². The van der Waals surface area contributed by atoms with Crippen molar-refractivity contribution in [3.8, 4) is 5.88 Å². The molecule has 0 spiro atoms. The number of aromatic nitrogens is 5. The van der Waals surface area contributed by atoms with Crippen LogP contribution < -0.4 is 4.74 Å². The molecule has 0 unspecified atom stereocenters. The molecule has 0 aromatic carbocycles. The smallest absolute Gasteiger partial charge is 0.274 e. The molecule has 1 aliphatic heterocycles. The highest BCUT2D eigenvalue weighted by Gasteiger charge is 2.30. The Morgan fingerprint density at radius 2 is 2.19 bits per heavy atom. The van der Waals surface area contributed by atoms with Gasteiger partial charge in [-0.1, -0.05) is 0 Å². The van der Waals surface area contributed by atoms with Gasteiger partial charge in [0.05, 0.1) is 36.5 Å². The Balaban J connectivity index is 1.53. The topological polar surface area (TPSA) is 86.0 Å². The van der Waals surface area contributed by atoms with Gasteiger partial charge < -0.3 is 14.2 Å². The average molecular weight is 368 g/mol. The predicted octanol–water partition coefficient (Wildman–Crippen LogP) is 1.79. The third kappa shape index (κ3) is 3.48. The molecule has 4 rings (SSSR count). The first-order valence-electron chi connectivity index (χ1n) is 8.44. The van der Waals surface area contributed by atoms with Gasteiger partial charge in [0.2, 0.25) is 5.88 Å². The van der Waals surface area contributed by atoms with Gasteiger partial charge in [0.15, 0.2) is 5.82 Å². The number of hydrogen-bond donors (Lipinski definition) is 0. The summed E-state index contributed by atoms with van der Waals surface area (Å²) in [7, 11) is 0. The third-order valence-electron chi connectivity index (χ3n) is 4.35. The van der Waals surface area contributed by atoms with E-state index in [9.17, 15) is 9.18 Å². The fourth-order valence-corrected chi connectivity index (χ4v) is 2.99. The minimum Gasteiger partial charge on any atom is -0.473 e. The van der Waals surface area contributed by atoms with Crippen molar-refractivity contribution in [1.29, 1.82) is 0 Å². The number of hydrogen-bond acceptors (Lipinski definition) is 6. The number of fused-ring (bicyclic) bond motifs is 1. The minimum atomic E-state index is -0.526. The van der Waals surface area contributed by atoms with Gasteiger partial charge >= 0.3 is 0 Å². The molecule has 3 aromatic rings. The Labute approximate surface area is 154 Å². The quantitative estimate of drug-likeness (QED) is 0.698. The van der Waals surface area contributed by atoms with Crippen LogP contribution in [-0.2, 0) is 6.54 Å². The van der Waals surface area contributed by atoms with Crippen LogP contribution in [0.5, 0.6) is 5.88 Å². The molecule has 0 fully saturated rings. The molecule has 0 radical (unpaired) electrons. The second-order valence-electron chi connectivity index (χ2n) is 6.28. The summed E-state index contributed by atoms with van der Waals surface area (Å²) in [6.07, 6.45) is 7.89. The maximum absolute atomic E-state index is 13.8. The van der Waals surface area contributed by atoms with E-state index in [1.54, 1.807) is 23.6 Å². The molecule has 0 N–H and O–H groups in total. The summed E-state index contributed by atoms with van der Waals surface area (Å²) < 4.78 is 21.2. The molecular formula is C18H17FN6O2. The molecule has 1 aliphatic rings. The van der Waals surface area contributed by atoms with Gasteiger partial charge in [-0.25, -0.2) is 19.3 Å². The van der Waals surface area contributed by atoms with E-state index in [0.717, 1.165) is 11.4 Å². The van der Waals surface area contributed by atoms with Crippen LogP contribution in [0, 0.1) is 12.7 Å². The minimum absolute atomic E-state index is 0.0629. The lowest BCUT2D eigenvalue weighted by Crippen LogP contribution is -2.42. The maximum Gasteiger partial charge on any atom is 0.274 e. The number of halogens is 1. The Hall–Kier alpha value is -3.36. The van der Waals surface area contributed by atoms with E-state index in [1.165, 1.54) is 24.5 Å². The second-order valence-corrected chi connectivity index (χ2v) is 6.28. The zero-order chi connectivity index (χ0) is 18.8. The molecule has 3 aromatic heterocycles. The number of nitrogens with zero attached hydrogens (tertiary/aromatic N) is 6. The predicted molar refractivity (Wildman–Crippen MR) is 92.5 cm³/mol. The molecule has 0 saturated heterocycles. The van der Waals surface area contributed by atoms with Crippen LogP contribution in [0.2, 0.25) is 0 Å². The number of carbonyl (C=O) groups excluding carboxylic acids is 1. The van der Waals surface area contributed by atoms with Crippen molar-refractivity contribution < 1.29 is 13.9 Å². The number of carbonyl (C=O) groups is 1. The van der Waals surface area contributed by atoms with Crippen molar-refractivity contribution in [2.75, 3.05) is 13.2 Å². The number of amides is 1. The van der Waals surface area contributed by atoms with Crippen LogP contribution in [0.4, 0.5) is 4.39 Å². The monoisotopic (exact) mass is 368 g/mol. The molecule has 1 amide bonds.